The number of likely N-dealkylation sites (tertiary alicyclic amines) is 1. The lowest BCUT2D eigenvalue weighted by atomic mass is 10.1. The molecule has 1 amide bonds. The van der Waals surface area contributed by atoms with E-state index in [2.05, 4.69) is 15.4 Å². The van der Waals surface area contributed by atoms with Gasteiger partial charge in [-0.1, -0.05) is 12.1 Å². The average Bonchev–Trinajstić information content (AvgIpc) is 3.51. The lowest BCUT2D eigenvalue weighted by Gasteiger charge is -2.33. The van der Waals surface area contributed by atoms with Gasteiger partial charge in [-0.2, -0.15) is 18.3 Å². The molecule has 38 heavy (non-hydrogen) atoms. The number of piperidine rings is 1. The molecule has 14 heteroatoms. The molecule has 1 fully saturated rings. The van der Waals surface area contributed by atoms with Crippen molar-refractivity contribution in [3.63, 3.8) is 0 Å². The third-order valence-corrected chi connectivity index (χ3v) is 6.85. The van der Waals surface area contributed by atoms with Crippen molar-refractivity contribution in [2.24, 2.45) is 0 Å². The van der Waals surface area contributed by atoms with Crippen molar-refractivity contribution < 1.29 is 36.6 Å². The minimum absolute atomic E-state index is 0.0884. The molecule has 2 aromatic heterocycles. The van der Waals surface area contributed by atoms with Crippen LogP contribution in [0.25, 0.3) is 16.4 Å². The van der Waals surface area contributed by atoms with E-state index >= 15 is 0 Å². The van der Waals surface area contributed by atoms with Crippen molar-refractivity contribution in [3.8, 4) is 16.4 Å². The zero-order chi connectivity index (χ0) is 27.5. The second-order valence-electron chi connectivity index (χ2n) is 8.97. The Hall–Kier alpha value is -3.39. The van der Waals surface area contributed by atoms with Gasteiger partial charge in [-0.05, 0) is 31.5 Å². The van der Waals surface area contributed by atoms with Gasteiger partial charge >= 0.3 is 12.1 Å². The summed E-state index contributed by atoms with van der Waals surface area (Å²) in [6.45, 7) is 0.135. The van der Waals surface area contributed by atoms with E-state index < -0.39 is 48.5 Å². The fraction of sp³-hybridized carbons (Fsp3) is 0.417. The summed E-state index contributed by atoms with van der Waals surface area (Å²) in [6.07, 6.45) is -3.51. The predicted molar refractivity (Wildman–Crippen MR) is 128 cm³/mol. The minimum Gasteiger partial charge on any atom is -0.481 e. The Morgan fingerprint density at radius 3 is 2.66 bits per heavy atom. The van der Waals surface area contributed by atoms with Gasteiger partial charge in [0.15, 0.2) is 5.69 Å². The van der Waals surface area contributed by atoms with Gasteiger partial charge in [0.1, 0.15) is 10.7 Å². The van der Waals surface area contributed by atoms with Crippen LogP contribution in [0.15, 0.2) is 41.9 Å². The molecule has 0 spiro atoms. The number of carbonyl (C=O) groups excluding carboxylic acids is 1. The van der Waals surface area contributed by atoms with Crippen molar-refractivity contribution >= 4 is 23.2 Å². The highest BCUT2D eigenvalue weighted by atomic mass is 32.1. The molecule has 0 radical (unpaired) electrons. The number of hydrogen-bond donors (Lipinski definition) is 2. The monoisotopic (exact) mass is 557 g/mol. The lowest BCUT2D eigenvalue weighted by molar-refractivity contribution is -0.138. The highest BCUT2D eigenvalue weighted by Crippen LogP contribution is 2.36. The van der Waals surface area contributed by atoms with Crippen LogP contribution in [0.2, 0.25) is 0 Å². The van der Waals surface area contributed by atoms with E-state index in [-0.39, 0.29) is 36.5 Å². The Labute approximate surface area is 218 Å². The highest BCUT2D eigenvalue weighted by molar-refractivity contribution is 7.13. The lowest BCUT2D eigenvalue weighted by Crippen LogP contribution is -2.45. The van der Waals surface area contributed by atoms with E-state index in [1.165, 1.54) is 35.4 Å². The number of alkyl halides is 5. The maximum absolute atomic E-state index is 13.7. The number of carboxylic acid groups (broad SMARTS) is 1. The first kappa shape index (κ1) is 27.6. The van der Waals surface area contributed by atoms with Crippen LogP contribution in [-0.2, 0) is 11.0 Å². The van der Waals surface area contributed by atoms with Crippen LogP contribution < -0.4 is 5.32 Å². The molecule has 2 N–H and O–H groups in total. The zero-order valence-corrected chi connectivity index (χ0v) is 20.7. The van der Waals surface area contributed by atoms with Gasteiger partial charge in [0, 0.05) is 36.7 Å². The number of carboxylic acids is 1. The van der Waals surface area contributed by atoms with Crippen molar-refractivity contribution in [3.05, 3.63) is 53.2 Å². The third kappa shape index (κ3) is 6.72. The number of halogens is 5. The largest absolute Gasteiger partial charge is 0.481 e. The predicted octanol–water partition coefficient (Wildman–Crippen LogP) is 4.71. The van der Waals surface area contributed by atoms with Crippen LogP contribution in [-0.4, -0.2) is 68.2 Å². The van der Waals surface area contributed by atoms with E-state index in [1.54, 1.807) is 5.38 Å². The van der Waals surface area contributed by atoms with Crippen molar-refractivity contribution in [2.75, 3.05) is 19.6 Å². The number of rotatable bonds is 9. The Balaban J connectivity index is 1.59. The molecule has 3 heterocycles. The van der Waals surface area contributed by atoms with Gasteiger partial charge in [0.05, 0.1) is 24.2 Å². The number of para-hydroxylation sites is 1. The Morgan fingerprint density at radius 1 is 1.24 bits per heavy atom. The quantitative estimate of drug-likeness (QED) is 0.370. The van der Waals surface area contributed by atoms with E-state index in [9.17, 15) is 36.6 Å². The first-order valence-electron chi connectivity index (χ1n) is 11.7. The fourth-order valence-corrected chi connectivity index (χ4v) is 4.99. The second-order valence-corrected chi connectivity index (χ2v) is 9.87. The summed E-state index contributed by atoms with van der Waals surface area (Å²) in [5.74, 6) is -4.83. The number of benzene rings is 1. The van der Waals surface area contributed by atoms with Crippen molar-refractivity contribution in [1.82, 2.24) is 25.0 Å². The van der Waals surface area contributed by atoms with Gasteiger partial charge in [0.2, 0.25) is 0 Å². The molecular formula is C24H24F5N5O3S. The number of hydrogen-bond acceptors (Lipinski definition) is 6. The molecule has 0 bridgehead atoms. The zero-order valence-electron chi connectivity index (χ0n) is 19.9. The van der Waals surface area contributed by atoms with Crippen LogP contribution in [0.3, 0.4) is 0 Å². The fourth-order valence-electron chi connectivity index (χ4n) is 4.35. The van der Waals surface area contributed by atoms with E-state index in [1.807, 2.05) is 0 Å². The Kier molecular flexibility index (Phi) is 8.11. The number of aromatic nitrogens is 3. The Bertz CT molecular complexity index is 1280. The minimum atomic E-state index is -4.69. The Morgan fingerprint density at radius 2 is 2.00 bits per heavy atom. The van der Waals surface area contributed by atoms with Crippen LogP contribution in [0.4, 0.5) is 22.0 Å². The normalized spacial score (nSPS) is 16.8. The molecule has 1 aliphatic rings. The van der Waals surface area contributed by atoms with Gasteiger partial charge in [-0.25, -0.2) is 18.4 Å². The molecule has 3 aromatic rings. The van der Waals surface area contributed by atoms with Gasteiger partial charge in [0.25, 0.3) is 11.8 Å². The van der Waals surface area contributed by atoms with Crippen LogP contribution in [0.5, 0.6) is 0 Å². The molecule has 1 saturated heterocycles. The average molecular weight is 558 g/mol. The van der Waals surface area contributed by atoms with Crippen LogP contribution in [0, 0.1) is 0 Å². The number of aliphatic carboxylic acids is 1. The number of carbonyl (C=O) groups is 2. The summed E-state index contributed by atoms with van der Waals surface area (Å²) >= 11 is 1.14. The molecule has 1 aromatic carbocycles. The van der Waals surface area contributed by atoms with Crippen LogP contribution in [0.1, 0.15) is 41.7 Å². The molecule has 204 valence electrons. The van der Waals surface area contributed by atoms with E-state index in [4.69, 9.17) is 0 Å². The first-order chi connectivity index (χ1) is 17.9. The standard InChI is InChI=1S/C24H24F5N5O3S/c25-23(26)7-3-9-33(14-23)10-6-15(12-20(35)36)31-21(37)17-13-19(22-30-8-11-38-22)34(32-17)18-5-2-1-4-16(18)24(27,28)29/h1-2,4-5,8,11,13,15H,3,6-7,9-10,12,14H2,(H,31,37)(H,35,36)/t15-/m0/s1. The summed E-state index contributed by atoms with van der Waals surface area (Å²) in [4.78, 5) is 30.1. The number of amides is 1. The maximum atomic E-state index is 13.7. The summed E-state index contributed by atoms with van der Waals surface area (Å²) < 4.78 is 69.6. The van der Waals surface area contributed by atoms with E-state index in [0.717, 1.165) is 22.1 Å². The highest BCUT2D eigenvalue weighted by Gasteiger charge is 2.36. The van der Waals surface area contributed by atoms with Crippen molar-refractivity contribution in [1.29, 1.82) is 0 Å². The summed E-state index contributed by atoms with van der Waals surface area (Å²) in [5.41, 5.74) is -1.37. The molecule has 0 aliphatic carbocycles. The molecule has 4 rings (SSSR count). The summed E-state index contributed by atoms with van der Waals surface area (Å²) in [6, 6.07) is 5.13. The molecule has 1 aliphatic heterocycles. The summed E-state index contributed by atoms with van der Waals surface area (Å²) in [7, 11) is 0. The second kappa shape index (κ2) is 11.2. The third-order valence-electron chi connectivity index (χ3n) is 6.05. The molecule has 0 saturated carbocycles. The molecule has 8 nitrogen and oxygen atoms in total. The smallest absolute Gasteiger partial charge is 0.418 e. The SMILES string of the molecule is O=C(O)C[C@H](CCN1CCCC(F)(F)C1)NC(=O)c1cc(-c2nccs2)n(-c2ccccc2C(F)(F)F)n1. The molecule has 0 unspecified atom stereocenters. The number of nitrogens with one attached hydrogen (secondary N) is 1. The number of thiazole rings is 1. The van der Waals surface area contributed by atoms with Gasteiger partial charge < -0.3 is 10.4 Å². The van der Waals surface area contributed by atoms with Gasteiger partial charge in [-0.15, -0.1) is 11.3 Å². The first-order valence-corrected chi connectivity index (χ1v) is 12.6. The topological polar surface area (TPSA) is 100 Å². The van der Waals surface area contributed by atoms with Crippen molar-refractivity contribution in [2.45, 2.75) is 43.8 Å². The molecular weight excluding hydrogens is 533 g/mol. The van der Waals surface area contributed by atoms with Gasteiger partial charge in [-0.3, -0.25) is 14.5 Å². The maximum Gasteiger partial charge on any atom is 0.418 e. The molecule has 1 atom stereocenters. The number of nitrogens with zero attached hydrogens (tertiary/aromatic N) is 4. The summed E-state index contributed by atoms with van der Waals surface area (Å²) in [5, 5.41) is 17.9. The van der Waals surface area contributed by atoms with Crippen LogP contribution >= 0.6 is 11.3 Å². The van der Waals surface area contributed by atoms with E-state index in [0.29, 0.717) is 18.0 Å².